The molecule has 1 fully saturated rings. The number of carbonyl (C=O) groups is 2. The molecule has 0 spiro atoms. The number of amides is 2. The number of halogens is 1. The SMILES string of the molecule is Cn1cnnc1-c1ccc(NC(=O)[C@@H](NC(=O)C2(F)CC2)C(c2ccccc2)c2ccccc2)cc1. The van der Waals surface area contributed by atoms with Gasteiger partial charge in [0.25, 0.3) is 5.91 Å². The van der Waals surface area contributed by atoms with Crippen LogP contribution in [0.2, 0.25) is 0 Å². The molecule has 182 valence electrons. The average molecular weight is 484 g/mol. The highest BCUT2D eigenvalue weighted by Gasteiger charge is 2.52. The van der Waals surface area contributed by atoms with Gasteiger partial charge in [-0.05, 0) is 48.2 Å². The first-order valence-corrected chi connectivity index (χ1v) is 11.8. The third kappa shape index (κ3) is 4.88. The molecule has 36 heavy (non-hydrogen) atoms. The molecule has 0 radical (unpaired) electrons. The van der Waals surface area contributed by atoms with E-state index in [4.69, 9.17) is 0 Å². The molecule has 5 rings (SSSR count). The Morgan fingerprint density at radius 2 is 1.50 bits per heavy atom. The minimum atomic E-state index is -1.91. The number of carbonyl (C=O) groups excluding carboxylic acids is 2. The normalized spacial score (nSPS) is 14.8. The Hall–Kier alpha value is -4.33. The lowest BCUT2D eigenvalue weighted by atomic mass is 9.84. The van der Waals surface area contributed by atoms with Gasteiger partial charge in [-0.15, -0.1) is 10.2 Å². The first-order valence-electron chi connectivity index (χ1n) is 11.8. The van der Waals surface area contributed by atoms with Crippen molar-refractivity contribution in [3.05, 3.63) is 102 Å². The summed E-state index contributed by atoms with van der Waals surface area (Å²) >= 11 is 0. The number of nitrogens with one attached hydrogen (secondary N) is 2. The summed E-state index contributed by atoms with van der Waals surface area (Å²) in [6.45, 7) is 0. The first kappa shape index (κ1) is 23.4. The van der Waals surface area contributed by atoms with E-state index in [-0.39, 0.29) is 12.8 Å². The summed E-state index contributed by atoms with van der Waals surface area (Å²) in [5.74, 6) is -1.01. The molecule has 1 aliphatic rings. The molecule has 0 bridgehead atoms. The number of hydrogen-bond donors (Lipinski definition) is 2. The second-order valence-corrected chi connectivity index (χ2v) is 9.05. The number of aromatic nitrogens is 3. The van der Waals surface area contributed by atoms with Crippen molar-refractivity contribution in [2.45, 2.75) is 30.5 Å². The molecule has 2 N–H and O–H groups in total. The molecule has 8 heteroatoms. The molecular formula is C28H26FN5O2. The smallest absolute Gasteiger partial charge is 0.258 e. The van der Waals surface area contributed by atoms with Crippen molar-refractivity contribution >= 4 is 17.5 Å². The number of hydrogen-bond acceptors (Lipinski definition) is 4. The number of alkyl halides is 1. The predicted octanol–water partition coefficient (Wildman–Crippen LogP) is 4.24. The maximum atomic E-state index is 14.7. The van der Waals surface area contributed by atoms with Crippen LogP contribution in [0.25, 0.3) is 11.4 Å². The Labute approximate surface area is 208 Å². The van der Waals surface area contributed by atoms with Gasteiger partial charge in [0.2, 0.25) is 5.91 Å². The second kappa shape index (κ2) is 9.73. The van der Waals surface area contributed by atoms with Gasteiger partial charge in [-0.1, -0.05) is 60.7 Å². The highest BCUT2D eigenvalue weighted by Crippen LogP contribution is 2.40. The van der Waals surface area contributed by atoms with Gasteiger partial charge >= 0.3 is 0 Å². The lowest BCUT2D eigenvalue weighted by Crippen LogP contribution is -2.50. The molecule has 2 amide bonds. The summed E-state index contributed by atoms with van der Waals surface area (Å²) in [5, 5.41) is 13.6. The molecule has 1 atom stereocenters. The Morgan fingerprint density at radius 3 is 2.00 bits per heavy atom. The zero-order valence-corrected chi connectivity index (χ0v) is 19.8. The summed E-state index contributed by atoms with van der Waals surface area (Å²) in [4.78, 5) is 26.5. The third-order valence-electron chi connectivity index (χ3n) is 6.44. The molecule has 1 aliphatic carbocycles. The average Bonchev–Trinajstić information content (AvgIpc) is 3.52. The summed E-state index contributed by atoms with van der Waals surface area (Å²) in [6, 6.07) is 25.1. The zero-order chi connectivity index (χ0) is 25.1. The van der Waals surface area contributed by atoms with E-state index in [2.05, 4.69) is 20.8 Å². The number of nitrogens with zero attached hydrogens (tertiary/aromatic N) is 3. The van der Waals surface area contributed by atoms with Gasteiger partial charge in [-0.25, -0.2) is 4.39 Å². The van der Waals surface area contributed by atoms with Crippen molar-refractivity contribution in [1.82, 2.24) is 20.1 Å². The van der Waals surface area contributed by atoms with Crippen molar-refractivity contribution in [2.75, 3.05) is 5.32 Å². The standard InChI is InChI=1S/C28H26FN5O2/c1-34-18-30-33-25(34)21-12-14-22(15-13-21)31-26(35)24(32-27(36)28(29)16-17-28)23(19-8-4-2-5-9-19)20-10-6-3-7-11-20/h2-15,18,23-24H,16-17H2,1H3,(H,31,35)(H,32,36)/t24-/m0/s1. The molecule has 3 aromatic carbocycles. The van der Waals surface area contributed by atoms with Crippen LogP contribution in [-0.4, -0.2) is 38.3 Å². The van der Waals surface area contributed by atoms with Gasteiger partial charge < -0.3 is 15.2 Å². The van der Waals surface area contributed by atoms with Crippen LogP contribution in [0.1, 0.15) is 29.9 Å². The molecule has 0 unspecified atom stereocenters. The van der Waals surface area contributed by atoms with Gasteiger partial charge in [-0.2, -0.15) is 0 Å². The second-order valence-electron chi connectivity index (χ2n) is 9.05. The molecule has 0 saturated heterocycles. The molecule has 1 aromatic heterocycles. The van der Waals surface area contributed by atoms with E-state index in [1.165, 1.54) is 0 Å². The predicted molar refractivity (Wildman–Crippen MR) is 135 cm³/mol. The van der Waals surface area contributed by atoms with E-state index in [9.17, 15) is 14.0 Å². The van der Waals surface area contributed by atoms with Crippen molar-refractivity contribution in [1.29, 1.82) is 0 Å². The van der Waals surface area contributed by atoms with Crippen LogP contribution in [0, 0.1) is 0 Å². The Balaban J connectivity index is 1.46. The van der Waals surface area contributed by atoms with Crippen LogP contribution in [0.3, 0.4) is 0 Å². The number of aryl methyl sites for hydroxylation is 1. The largest absolute Gasteiger partial charge is 0.341 e. The zero-order valence-electron chi connectivity index (χ0n) is 19.8. The topological polar surface area (TPSA) is 88.9 Å². The quantitative estimate of drug-likeness (QED) is 0.392. The highest BCUT2D eigenvalue weighted by atomic mass is 19.1. The maximum absolute atomic E-state index is 14.7. The van der Waals surface area contributed by atoms with Gasteiger partial charge in [0.15, 0.2) is 11.5 Å². The van der Waals surface area contributed by atoms with Gasteiger partial charge in [0, 0.05) is 24.2 Å². The van der Waals surface area contributed by atoms with Crippen LogP contribution >= 0.6 is 0 Å². The van der Waals surface area contributed by atoms with Crippen LogP contribution in [-0.2, 0) is 16.6 Å². The summed E-state index contributed by atoms with van der Waals surface area (Å²) in [7, 11) is 1.85. The van der Waals surface area contributed by atoms with Gasteiger partial charge in [-0.3, -0.25) is 9.59 Å². The summed E-state index contributed by atoms with van der Waals surface area (Å²) in [5.41, 5.74) is 1.16. The Bertz CT molecular complexity index is 1310. The van der Waals surface area contributed by atoms with Gasteiger partial charge in [0.05, 0.1) is 0 Å². The van der Waals surface area contributed by atoms with Crippen LogP contribution in [0.5, 0.6) is 0 Å². The highest BCUT2D eigenvalue weighted by molar-refractivity contribution is 6.00. The van der Waals surface area contributed by atoms with Crippen molar-refractivity contribution in [3.8, 4) is 11.4 Å². The van der Waals surface area contributed by atoms with E-state index in [1.54, 1.807) is 23.0 Å². The summed E-state index contributed by atoms with van der Waals surface area (Å²) in [6.07, 6.45) is 1.94. The monoisotopic (exact) mass is 483 g/mol. The van der Waals surface area contributed by atoms with E-state index in [0.717, 1.165) is 16.7 Å². The van der Waals surface area contributed by atoms with Crippen molar-refractivity contribution < 1.29 is 14.0 Å². The number of anilines is 1. The van der Waals surface area contributed by atoms with Crippen molar-refractivity contribution in [2.24, 2.45) is 7.05 Å². The molecule has 1 saturated carbocycles. The number of benzene rings is 3. The van der Waals surface area contributed by atoms with Crippen molar-refractivity contribution in [3.63, 3.8) is 0 Å². The van der Waals surface area contributed by atoms with Crippen LogP contribution < -0.4 is 10.6 Å². The molecular weight excluding hydrogens is 457 g/mol. The molecule has 7 nitrogen and oxygen atoms in total. The van der Waals surface area contributed by atoms with E-state index in [1.807, 2.05) is 79.8 Å². The fraction of sp³-hybridized carbons (Fsp3) is 0.214. The lowest BCUT2D eigenvalue weighted by Gasteiger charge is -2.29. The van der Waals surface area contributed by atoms with E-state index >= 15 is 0 Å². The Morgan fingerprint density at radius 1 is 0.917 bits per heavy atom. The Kier molecular flexibility index (Phi) is 6.33. The first-order chi connectivity index (χ1) is 17.4. The van der Waals surface area contributed by atoms with Crippen LogP contribution in [0.4, 0.5) is 10.1 Å². The molecule has 4 aromatic rings. The maximum Gasteiger partial charge on any atom is 0.258 e. The van der Waals surface area contributed by atoms with Crippen LogP contribution in [0.15, 0.2) is 91.3 Å². The fourth-order valence-corrected chi connectivity index (χ4v) is 4.27. The molecule has 1 heterocycles. The summed E-state index contributed by atoms with van der Waals surface area (Å²) < 4.78 is 16.5. The third-order valence-corrected chi connectivity index (χ3v) is 6.44. The van der Waals surface area contributed by atoms with E-state index in [0.29, 0.717) is 11.5 Å². The minimum absolute atomic E-state index is 0.165. The van der Waals surface area contributed by atoms with E-state index < -0.39 is 29.4 Å². The van der Waals surface area contributed by atoms with Gasteiger partial charge in [0.1, 0.15) is 12.4 Å². The minimum Gasteiger partial charge on any atom is -0.341 e. The molecule has 0 aliphatic heterocycles. The lowest BCUT2D eigenvalue weighted by molar-refractivity contribution is -0.131. The number of rotatable bonds is 8. The fourth-order valence-electron chi connectivity index (χ4n) is 4.27.